The summed E-state index contributed by atoms with van der Waals surface area (Å²) in [6.45, 7) is 1.97. The van der Waals surface area contributed by atoms with Crippen LogP contribution in [0.3, 0.4) is 0 Å². The Morgan fingerprint density at radius 1 is 1.15 bits per heavy atom. The van der Waals surface area contributed by atoms with Crippen molar-refractivity contribution in [2.75, 3.05) is 0 Å². The first-order valence-electron chi connectivity index (χ1n) is 6.18. The van der Waals surface area contributed by atoms with E-state index in [4.69, 9.17) is 0 Å². The van der Waals surface area contributed by atoms with E-state index in [1.54, 1.807) is 0 Å². The number of halogens is 1. The van der Waals surface area contributed by atoms with Gasteiger partial charge in [0, 0.05) is 20.9 Å². The molecular weight excluding hydrogens is 318 g/mol. The largest absolute Gasteiger partial charge is 0.477 e. The third kappa shape index (κ3) is 2.02. The summed E-state index contributed by atoms with van der Waals surface area (Å²) in [6.07, 6.45) is 0. The number of rotatable bonds is 2. The molecule has 100 valence electrons. The van der Waals surface area contributed by atoms with E-state index in [0.29, 0.717) is 0 Å². The van der Waals surface area contributed by atoms with Gasteiger partial charge in [-0.2, -0.15) is 0 Å². The number of aromatic carboxylic acids is 1. The zero-order valence-electron chi connectivity index (χ0n) is 10.8. The van der Waals surface area contributed by atoms with E-state index in [1.165, 1.54) is 0 Å². The Hall–Kier alpha value is -2.07. The molecule has 0 atom stereocenters. The molecule has 1 aromatic heterocycles. The second-order valence-corrected chi connectivity index (χ2v) is 5.60. The average molecular weight is 330 g/mol. The molecule has 0 radical (unpaired) electrons. The normalized spacial score (nSPS) is 10.9. The number of H-pyrrole nitrogens is 1. The van der Waals surface area contributed by atoms with Crippen LogP contribution in [-0.4, -0.2) is 16.1 Å². The van der Waals surface area contributed by atoms with Gasteiger partial charge in [0.2, 0.25) is 0 Å². The number of para-hydroxylation sites is 1. The van der Waals surface area contributed by atoms with Crippen LogP contribution in [0.2, 0.25) is 0 Å². The van der Waals surface area contributed by atoms with E-state index in [2.05, 4.69) is 20.9 Å². The molecule has 3 rings (SSSR count). The Morgan fingerprint density at radius 2 is 1.85 bits per heavy atom. The first-order valence-corrected chi connectivity index (χ1v) is 6.98. The maximum atomic E-state index is 11.5. The van der Waals surface area contributed by atoms with Crippen molar-refractivity contribution in [1.82, 2.24) is 4.98 Å². The minimum atomic E-state index is -0.946. The minimum Gasteiger partial charge on any atom is -0.477 e. The van der Waals surface area contributed by atoms with Gasteiger partial charge >= 0.3 is 5.97 Å². The molecule has 0 saturated heterocycles. The molecule has 3 aromatic rings. The van der Waals surface area contributed by atoms with Crippen LogP contribution in [0.5, 0.6) is 0 Å². The van der Waals surface area contributed by atoms with Gasteiger partial charge in [0.15, 0.2) is 0 Å². The molecule has 0 aliphatic heterocycles. The lowest BCUT2D eigenvalue weighted by molar-refractivity contribution is 0.0692. The SMILES string of the molecule is Cc1cccc2c(-c3ccc(Br)cc3)c(C(=O)O)[nH]c12. The maximum Gasteiger partial charge on any atom is 0.352 e. The fourth-order valence-electron chi connectivity index (χ4n) is 2.44. The van der Waals surface area contributed by atoms with E-state index in [-0.39, 0.29) is 5.69 Å². The molecule has 0 bridgehead atoms. The van der Waals surface area contributed by atoms with Crippen LogP contribution < -0.4 is 0 Å². The van der Waals surface area contributed by atoms with Crippen LogP contribution in [0.1, 0.15) is 16.1 Å². The van der Waals surface area contributed by atoms with E-state index in [0.717, 1.165) is 32.1 Å². The van der Waals surface area contributed by atoms with Crippen LogP contribution in [-0.2, 0) is 0 Å². The Balaban J connectivity index is 2.37. The van der Waals surface area contributed by atoms with Crippen molar-refractivity contribution in [1.29, 1.82) is 0 Å². The predicted octanol–water partition coefficient (Wildman–Crippen LogP) is 4.60. The summed E-state index contributed by atoms with van der Waals surface area (Å²) in [5.74, 6) is -0.946. The highest BCUT2D eigenvalue weighted by Crippen LogP contribution is 2.34. The molecule has 0 aliphatic carbocycles. The van der Waals surface area contributed by atoms with Crippen LogP contribution in [0, 0.1) is 6.92 Å². The summed E-state index contributed by atoms with van der Waals surface area (Å²) >= 11 is 3.39. The molecular formula is C16H12BrNO2. The molecule has 4 heteroatoms. The van der Waals surface area contributed by atoms with Gasteiger partial charge in [-0.1, -0.05) is 46.3 Å². The number of carboxylic acids is 1. The zero-order chi connectivity index (χ0) is 14.3. The van der Waals surface area contributed by atoms with Crippen LogP contribution in [0.15, 0.2) is 46.9 Å². The molecule has 1 heterocycles. The van der Waals surface area contributed by atoms with E-state index in [9.17, 15) is 9.90 Å². The lowest BCUT2D eigenvalue weighted by atomic mass is 10.0. The third-order valence-electron chi connectivity index (χ3n) is 3.39. The number of hydrogen-bond acceptors (Lipinski definition) is 1. The summed E-state index contributed by atoms with van der Waals surface area (Å²) < 4.78 is 0.967. The zero-order valence-corrected chi connectivity index (χ0v) is 12.4. The first kappa shape index (κ1) is 12.9. The summed E-state index contributed by atoms with van der Waals surface area (Å²) in [5.41, 5.74) is 3.78. The molecule has 3 nitrogen and oxygen atoms in total. The van der Waals surface area contributed by atoms with Gasteiger partial charge in [-0.15, -0.1) is 0 Å². The second kappa shape index (κ2) is 4.80. The average Bonchev–Trinajstić information content (AvgIpc) is 2.81. The number of nitrogens with one attached hydrogen (secondary N) is 1. The maximum absolute atomic E-state index is 11.5. The van der Waals surface area contributed by atoms with Crippen molar-refractivity contribution in [3.05, 3.63) is 58.2 Å². The number of aromatic amines is 1. The fraction of sp³-hybridized carbons (Fsp3) is 0.0625. The van der Waals surface area contributed by atoms with Crippen LogP contribution >= 0.6 is 15.9 Å². The van der Waals surface area contributed by atoms with Gasteiger partial charge in [-0.3, -0.25) is 0 Å². The Kier molecular flexibility index (Phi) is 3.10. The summed E-state index contributed by atoms with van der Waals surface area (Å²) in [4.78, 5) is 14.5. The molecule has 0 amide bonds. The number of fused-ring (bicyclic) bond motifs is 1. The lowest BCUT2D eigenvalue weighted by Crippen LogP contribution is -1.98. The minimum absolute atomic E-state index is 0.233. The topological polar surface area (TPSA) is 53.1 Å². The number of carbonyl (C=O) groups is 1. The molecule has 0 fully saturated rings. The van der Waals surface area contributed by atoms with Crippen molar-refractivity contribution in [2.24, 2.45) is 0 Å². The van der Waals surface area contributed by atoms with Crippen LogP contribution in [0.4, 0.5) is 0 Å². The van der Waals surface area contributed by atoms with Crippen molar-refractivity contribution in [3.8, 4) is 11.1 Å². The monoisotopic (exact) mass is 329 g/mol. The van der Waals surface area contributed by atoms with Crippen LogP contribution in [0.25, 0.3) is 22.0 Å². The van der Waals surface area contributed by atoms with Crippen molar-refractivity contribution >= 4 is 32.8 Å². The van der Waals surface area contributed by atoms with Crippen molar-refractivity contribution in [3.63, 3.8) is 0 Å². The number of aryl methyl sites for hydroxylation is 1. The summed E-state index contributed by atoms with van der Waals surface area (Å²) in [6, 6.07) is 13.5. The van der Waals surface area contributed by atoms with Gasteiger partial charge in [0.05, 0.1) is 0 Å². The number of benzene rings is 2. The Bertz CT molecular complexity index is 803. The number of hydrogen-bond donors (Lipinski definition) is 2. The summed E-state index contributed by atoms with van der Waals surface area (Å²) in [5, 5.41) is 10.4. The van der Waals surface area contributed by atoms with Gasteiger partial charge in [-0.05, 0) is 30.2 Å². The van der Waals surface area contributed by atoms with E-state index in [1.807, 2.05) is 49.4 Å². The third-order valence-corrected chi connectivity index (χ3v) is 3.92. The summed E-state index contributed by atoms with van der Waals surface area (Å²) in [7, 11) is 0. The highest BCUT2D eigenvalue weighted by Gasteiger charge is 2.19. The predicted molar refractivity (Wildman–Crippen MR) is 83.1 cm³/mol. The molecule has 2 N–H and O–H groups in total. The molecule has 0 aliphatic rings. The van der Waals surface area contributed by atoms with E-state index < -0.39 is 5.97 Å². The highest BCUT2D eigenvalue weighted by atomic mass is 79.9. The fourth-order valence-corrected chi connectivity index (χ4v) is 2.71. The van der Waals surface area contributed by atoms with Gasteiger partial charge < -0.3 is 10.1 Å². The van der Waals surface area contributed by atoms with E-state index >= 15 is 0 Å². The molecule has 0 saturated carbocycles. The van der Waals surface area contributed by atoms with Gasteiger partial charge in [0.25, 0.3) is 0 Å². The van der Waals surface area contributed by atoms with Gasteiger partial charge in [-0.25, -0.2) is 4.79 Å². The molecule has 0 unspecified atom stereocenters. The standard InChI is InChI=1S/C16H12BrNO2/c1-9-3-2-4-12-13(10-5-7-11(17)8-6-10)15(16(19)20)18-14(9)12/h2-8,18H,1H3,(H,19,20). The molecule has 2 aromatic carbocycles. The highest BCUT2D eigenvalue weighted by molar-refractivity contribution is 9.10. The molecule has 20 heavy (non-hydrogen) atoms. The Morgan fingerprint density at radius 3 is 2.50 bits per heavy atom. The number of aromatic nitrogens is 1. The lowest BCUT2D eigenvalue weighted by Gasteiger charge is -2.03. The van der Waals surface area contributed by atoms with Crippen molar-refractivity contribution in [2.45, 2.75) is 6.92 Å². The molecule has 0 spiro atoms. The quantitative estimate of drug-likeness (QED) is 0.721. The first-order chi connectivity index (χ1) is 9.58. The second-order valence-electron chi connectivity index (χ2n) is 4.68. The Labute approximate surface area is 124 Å². The van der Waals surface area contributed by atoms with Crippen molar-refractivity contribution < 1.29 is 9.90 Å². The van der Waals surface area contributed by atoms with Gasteiger partial charge in [0.1, 0.15) is 5.69 Å². The number of carboxylic acid groups (broad SMARTS) is 1. The smallest absolute Gasteiger partial charge is 0.352 e.